The van der Waals surface area contributed by atoms with Crippen molar-refractivity contribution in [3.8, 4) is 0 Å². The number of nitrogens with zero attached hydrogens (tertiary/aromatic N) is 2. The van der Waals surface area contributed by atoms with Crippen LogP contribution in [0.4, 0.5) is 4.79 Å². The van der Waals surface area contributed by atoms with E-state index in [-0.39, 0.29) is 24.0 Å². The van der Waals surface area contributed by atoms with Gasteiger partial charge in [0.1, 0.15) is 5.60 Å². The Bertz CT molecular complexity index is 506. The van der Waals surface area contributed by atoms with Crippen molar-refractivity contribution in [2.75, 3.05) is 26.2 Å². The Balaban J connectivity index is 2.98. The Kier molecular flexibility index (Phi) is 7.84. The number of hydrogen-bond donors (Lipinski definition) is 0. The van der Waals surface area contributed by atoms with Crippen molar-refractivity contribution >= 4 is 12.1 Å². The third kappa shape index (κ3) is 5.85. The van der Waals surface area contributed by atoms with Crippen LogP contribution in [0.15, 0.2) is 0 Å². The van der Waals surface area contributed by atoms with Gasteiger partial charge in [-0.1, -0.05) is 13.3 Å². The second-order valence-corrected chi connectivity index (χ2v) is 7.84. The predicted octanol–water partition coefficient (Wildman–Crippen LogP) is 3.26. The number of amides is 1. The van der Waals surface area contributed by atoms with Gasteiger partial charge < -0.3 is 14.4 Å². The first-order valence-electron chi connectivity index (χ1n) is 9.32. The van der Waals surface area contributed by atoms with Crippen molar-refractivity contribution in [3.05, 3.63) is 10.1 Å². The van der Waals surface area contributed by atoms with Gasteiger partial charge in [0, 0.05) is 23.9 Å². The van der Waals surface area contributed by atoms with Crippen LogP contribution in [0.2, 0.25) is 0 Å². The van der Waals surface area contributed by atoms with Gasteiger partial charge in [-0.3, -0.25) is 14.9 Å². The quantitative estimate of drug-likeness (QED) is 0.386. The molecule has 0 aromatic heterocycles. The number of piperidine rings is 1. The zero-order valence-corrected chi connectivity index (χ0v) is 16.6. The molecule has 1 aliphatic rings. The zero-order valence-electron chi connectivity index (χ0n) is 16.6. The van der Waals surface area contributed by atoms with Crippen LogP contribution in [0.3, 0.4) is 0 Å². The van der Waals surface area contributed by atoms with E-state index in [1.807, 2.05) is 6.92 Å². The molecule has 1 heterocycles. The molecule has 1 fully saturated rings. The Morgan fingerprint density at radius 3 is 2.23 bits per heavy atom. The standard InChI is InChI=1S/C18H32N2O6/c1-6-8-14(13-20(23)24)18(15(21)25-7-2)9-11-19(12-10-18)16(22)26-17(3,4)5/h14H,6-13H2,1-5H3. The largest absolute Gasteiger partial charge is 0.466 e. The third-order valence-corrected chi connectivity index (χ3v) is 4.78. The minimum atomic E-state index is -0.919. The summed E-state index contributed by atoms with van der Waals surface area (Å²) in [5, 5.41) is 11.1. The summed E-state index contributed by atoms with van der Waals surface area (Å²) in [5.74, 6) is -0.786. The number of likely N-dealkylation sites (tertiary alicyclic amines) is 1. The number of ether oxygens (including phenoxy) is 2. The molecule has 0 radical (unpaired) electrons. The van der Waals surface area contributed by atoms with E-state index < -0.39 is 23.0 Å². The summed E-state index contributed by atoms with van der Waals surface area (Å²) in [6.07, 6.45) is 1.60. The molecule has 8 nitrogen and oxygen atoms in total. The molecule has 1 amide bonds. The number of hydrogen-bond acceptors (Lipinski definition) is 6. The van der Waals surface area contributed by atoms with Crippen LogP contribution < -0.4 is 0 Å². The summed E-state index contributed by atoms with van der Waals surface area (Å²) < 4.78 is 10.7. The average Bonchev–Trinajstić information content (AvgIpc) is 2.52. The summed E-state index contributed by atoms with van der Waals surface area (Å²) >= 11 is 0. The van der Waals surface area contributed by atoms with Crippen molar-refractivity contribution < 1.29 is 24.0 Å². The molecular formula is C18H32N2O6. The fraction of sp³-hybridized carbons (Fsp3) is 0.889. The van der Waals surface area contributed by atoms with Crippen molar-refractivity contribution in [3.63, 3.8) is 0 Å². The number of nitro groups is 1. The lowest BCUT2D eigenvalue weighted by Crippen LogP contribution is -2.52. The van der Waals surface area contributed by atoms with E-state index in [1.54, 1.807) is 32.6 Å². The minimum Gasteiger partial charge on any atom is -0.466 e. The van der Waals surface area contributed by atoms with Crippen molar-refractivity contribution in [2.45, 2.75) is 65.9 Å². The van der Waals surface area contributed by atoms with Crippen LogP contribution in [-0.2, 0) is 14.3 Å². The molecule has 0 aromatic carbocycles. The van der Waals surface area contributed by atoms with E-state index >= 15 is 0 Å². The molecule has 0 saturated carbocycles. The summed E-state index contributed by atoms with van der Waals surface area (Å²) in [6, 6.07) is 0. The molecule has 1 aliphatic heterocycles. The van der Waals surface area contributed by atoms with Gasteiger partial charge in [-0.15, -0.1) is 0 Å². The molecule has 0 aliphatic carbocycles. The summed E-state index contributed by atoms with van der Waals surface area (Å²) in [5.41, 5.74) is -1.51. The highest BCUT2D eigenvalue weighted by Gasteiger charge is 2.51. The van der Waals surface area contributed by atoms with Gasteiger partial charge in [0.15, 0.2) is 0 Å². The minimum absolute atomic E-state index is 0.230. The molecule has 1 rings (SSSR count). The van der Waals surface area contributed by atoms with Crippen molar-refractivity contribution in [2.24, 2.45) is 11.3 Å². The van der Waals surface area contributed by atoms with E-state index in [2.05, 4.69) is 0 Å². The van der Waals surface area contributed by atoms with Crippen LogP contribution in [0.25, 0.3) is 0 Å². The zero-order chi connectivity index (χ0) is 20.0. The first kappa shape index (κ1) is 22.2. The molecule has 0 N–H and O–H groups in total. The number of rotatable bonds is 7. The van der Waals surface area contributed by atoms with Crippen LogP contribution in [0, 0.1) is 21.4 Å². The fourth-order valence-electron chi connectivity index (χ4n) is 3.54. The maximum absolute atomic E-state index is 12.7. The monoisotopic (exact) mass is 372 g/mol. The highest BCUT2D eigenvalue weighted by atomic mass is 16.6. The normalized spacial score (nSPS) is 18.1. The molecule has 1 saturated heterocycles. The Labute approximate surface area is 155 Å². The van der Waals surface area contributed by atoms with E-state index in [4.69, 9.17) is 9.47 Å². The highest BCUT2D eigenvalue weighted by molar-refractivity contribution is 5.78. The van der Waals surface area contributed by atoms with Crippen LogP contribution >= 0.6 is 0 Å². The lowest BCUT2D eigenvalue weighted by Gasteiger charge is -2.43. The summed E-state index contributed by atoms with van der Waals surface area (Å²) in [7, 11) is 0. The Morgan fingerprint density at radius 2 is 1.81 bits per heavy atom. The Morgan fingerprint density at radius 1 is 1.23 bits per heavy atom. The second kappa shape index (κ2) is 9.19. The Hall–Kier alpha value is -1.86. The number of esters is 1. The van der Waals surface area contributed by atoms with E-state index in [9.17, 15) is 19.7 Å². The van der Waals surface area contributed by atoms with Crippen LogP contribution in [0.1, 0.15) is 60.3 Å². The lowest BCUT2D eigenvalue weighted by atomic mass is 9.67. The topological polar surface area (TPSA) is 99.0 Å². The number of carbonyl (C=O) groups excluding carboxylic acids is 2. The molecule has 0 bridgehead atoms. The fourth-order valence-corrected chi connectivity index (χ4v) is 3.54. The summed E-state index contributed by atoms with van der Waals surface area (Å²) in [4.78, 5) is 37.4. The smallest absolute Gasteiger partial charge is 0.410 e. The van der Waals surface area contributed by atoms with Gasteiger partial charge in [0.2, 0.25) is 6.54 Å². The molecule has 0 spiro atoms. The van der Waals surface area contributed by atoms with E-state index in [1.165, 1.54) is 0 Å². The van der Waals surface area contributed by atoms with E-state index in [0.717, 1.165) is 6.42 Å². The van der Waals surface area contributed by atoms with Crippen LogP contribution in [0.5, 0.6) is 0 Å². The van der Waals surface area contributed by atoms with Gasteiger partial charge in [-0.2, -0.15) is 0 Å². The first-order valence-corrected chi connectivity index (χ1v) is 9.32. The highest BCUT2D eigenvalue weighted by Crippen LogP contribution is 2.43. The molecule has 1 unspecified atom stereocenters. The first-order chi connectivity index (χ1) is 12.1. The molecular weight excluding hydrogens is 340 g/mol. The molecule has 150 valence electrons. The molecule has 26 heavy (non-hydrogen) atoms. The van der Waals surface area contributed by atoms with Gasteiger partial charge in [0.05, 0.1) is 12.0 Å². The second-order valence-electron chi connectivity index (χ2n) is 7.84. The van der Waals surface area contributed by atoms with Gasteiger partial charge in [0.25, 0.3) is 0 Å². The molecule has 0 aromatic rings. The molecule has 8 heteroatoms. The van der Waals surface area contributed by atoms with Gasteiger partial charge in [-0.25, -0.2) is 4.79 Å². The van der Waals surface area contributed by atoms with E-state index in [0.29, 0.717) is 32.4 Å². The lowest BCUT2D eigenvalue weighted by molar-refractivity contribution is -0.492. The maximum Gasteiger partial charge on any atom is 0.410 e. The summed E-state index contributed by atoms with van der Waals surface area (Å²) in [6.45, 7) is 9.68. The predicted molar refractivity (Wildman–Crippen MR) is 96.4 cm³/mol. The van der Waals surface area contributed by atoms with Gasteiger partial charge >= 0.3 is 12.1 Å². The molecule has 1 atom stereocenters. The van der Waals surface area contributed by atoms with Crippen LogP contribution in [-0.4, -0.2) is 53.7 Å². The third-order valence-electron chi connectivity index (χ3n) is 4.78. The SMILES string of the molecule is CCCC(C[N+](=O)[O-])C1(C(=O)OCC)CCN(C(=O)OC(C)(C)C)CC1. The van der Waals surface area contributed by atoms with Crippen molar-refractivity contribution in [1.82, 2.24) is 4.90 Å². The number of carbonyl (C=O) groups is 2. The average molecular weight is 372 g/mol. The maximum atomic E-state index is 12.7. The van der Waals surface area contributed by atoms with Gasteiger partial charge in [-0.05, 0) is 47.0 Å². The van der Waals surface area contributed by atoms with Crippen molar-refractivity contribution in [1.29, 1.82) is 0 Å².